The molecule has 3 amide bonds. The molecule has 5 atom stereocenters. The zero-order chi connectivity index (χ0) is 26.0. The van der Waals surface area contributed by atoms with Gasteiger partial charge in [0.15, 0.2) is 0 Å². The van der Waals surface area contributed by atoms with Crippen LogP contribution in [0.3, 0.4) is 0 Å². The van der Waals surface area contributed by atoms with Gasteiger partial charge in [-0.15, -0.1) is 0 Å². The number of carbonyl (C=O) groups excluding carboxylic acids is 3. The number of aromatic hydroxyl groups is 1. The van der Waals surface area contributed by atoms with Crippen LogP contribution in [0.5, 0.6) is 5.75 Å². The molecule has 188 valence electrons. The first-order valence-electron chi connectivity index (χ1n) is 10.0. The molecule has 1 aromatic rings. The third-order valence-corrected chi connectivity index (χ3v) is 4.64. The van der Waals surface area contributed by atoms with Gasteiger partial charge in [0.2, 0.25) is 17.7 Å². The first-order valence-corrected chi connectivity index (χ1v) is 10.0. The summed E-state index contributed by atoms with van der Waals surface area (Å²) < 4.78 is 0. The van der Waals surface area contributed by atoms with Gasteiger partial charge in [-0.3, -0.25) is 19.2 Å². The van der Waals surface area contributed by atoms with Gasteiger partial charge >= 0.3 is 11.9 Å². The predicted molar refractivity (Wildman–Crippen MR) is 114 cm³/mol. The highest BCUT2D eigenvalue weighted by Crippen LogP contribution is 2.12. The summed E-state index contributed by atoms with van der Waals surface area (Å²) in [5, 5.41) is 52.4. The summed E-state index contributed by atoms with van der Waals surface area (Å²) in [4.78, 5) is 59.8. The molecule has 5 unspecified atom stereocenters. The van der Waals surface area contributed by atoms with Crippen molar-refractivity contribution >= 4 is 29.7 Å². The van der Waals surface area contributed by atoms with E-state index >= 15 is 0 Å². The summed E-state index contributed by atoms with van der Waals surface area (Å²) >= 11 is 0. The lowest BCUT2D eigenvalue weighted by atomic mass is 10.0. The van der Waals surface area contributed by atoms with Crippen molar-refractivity contribution in [2.45, 2.75) is 50.0 Å². The number of hydrogen-bond donors (Lipinski definition) is 9. The minimum Gasteiger partial charge on any atom is -0.508 e. The zero-order valence-corrected chi connectivity index (χ0v) is 18.2. The number of benzene rings is 1. The molecule has 0 saturated carbocycles. The number of aliphatic hydroxyl groups excluding tert-OH is 2. The highest BCUT2D eigenvalue weighted by Gasteiger charge is 2.32. The molecular weight excluding hydrogens is 456 g/mol. The second-order valence-electron chi connectivity index (χ2n) is 7.44. The average Bonchev–Trinajstić information content (AvgIpc) is 2.76. The maximum Gasteiger partial charge on any atom is 0.328 e. The fraction of sp³-hybridized carbons (Fsp3) is 0.450. The van der Waals surface area contributed by atoms with Crippen molar-refractivity contribution in [1.29, 1.82) is 0 Å². The number of nitrogens with one attached hydrogen (secondary N) is 3. The maximum absolute atomic E-state index is 12.9. The molecule has 0 aliphatic rings. The lowest BCUT2D eigenvalue weighted by molar-refractivity contribution is -0.144. The van der Waals surface area contributed by atoms with E-state index < -0.39 is 73.0 Å². The molecule has 34 heavy (non-hydrogen) atoms. The van der Waals surface area contributed by atoms with E-state index in [-0.39, 0.29) is 12.2 Å². The van der Waals surface area contributed by atoms with Crippen molar-refractivity contribution in [1.82, 2.24) is 16.0 Å². The standard InChI is InChI=1S/C20H28N4O10/c1-9(26)16(21)19(32)23-12(6-10-2-4-11(27)5-3-10)17(30)22-13(7-15(28)29)18(31)24-14(8-25)20(33)34/h2-5,9,12-14,16,25-27H,6-8,21H2,1H3,(H,22,30)(H,23,32)(H,24,31)(H,28,29)(H,33,34). The Kier molecular flexibility index (Phi) is 10.9. The molecule has 0 spiro atoms. The van der Waals surface area contributed by atoms with Gasteiger partial charge in [-0.1, -0.05) is 12.1 Å². The summed E-state index contributed by atoms with van der Waals surface area (Å²) in [5.74, 6) is -6.23. The van der Waals surface area contributed by atoms with Crippen LogP contribution in [-0.4, -0.2) is 92.1 Å². The van der Waals surface area contributed by atoms with Gasteiger partial charge in [-0.05, 0) is 24.6 Å². The van der Waals surface area contributed by atoms with Crippen LogP contribution in [-0.2, 0) is 30.4 Å². The van der Waals surface area contributed by atoms with E-state index in [1.165, 1.54) is 31.2 Å². The lowest BCUT2D eigenvalue weighted by Crippen LogP contribution is -2.59. The highest BCUT2D eigenvalue weighted by molar-refractivity contribution is 5.95. The van der Waals surface area contributed by atoms with E-state index in [9.17, 15) is 34.2 Å². The number of phenols is 1. The van der Waals surface area contributed by atoms with E-state index in [1.807, 2.05) is 5.32 Å². The Bertz CT molecular complexity index is 890. The Labute approximate surface area is 193 Å². The predicted octanol–water partition coefficient (Wildman–Crippen LogP) is -3.35. The van der Waals surface area contributed by atoms with Crippen molar-refractivity contribution < 1.29 is 49.5 Å². The molecule has 14 nitrogen and oxygen atoms in total. The minimum absolute atomic E-state index is 0.0556. The van der Waals surface area contributed by atoms with Crippen LogP contribution in [0.2, 0.25) is 0 Å². The molecule has 0 fully saturated rings. The zero-order valence-electron chi connectivity index (χ0n) is 18.2. The van der Waals surface area contributed by atoms with Gasteiger partial charge in [-0.2, -0.15) is 0 Å². The first-order chi connectivity index (χ1) is 15.8. The fourth-order valence-corrected chi connectivity index (χ4v) is 2.68. The number of hydrogen-bond acceptors (Lipinski definition) is 9. The SMILES string of the molecule is CC(O)C(N)C(=O)NC(Cc1ccc(O)cc1)C(=O)NC(CC(=O)O)C(=O)NC(CO)C(=O)O. The third kappa shape index (κ3) is 9.01. The monoisotopic (exact) mass is 484 g/mol. The Morgan fingerprint density at radius 1 is 0.882 bits per heavy atom. The van der Waals surface area contributed by atoms with E-state index in [4.69, 9.17) is 21.1 Å². The largest absolute Gasteiger partial charge is 0.508 e. The summed E-state index contributed by atoms with van der Waals surface area (Å²) in [5.41, 5.74) is 6.05. The van der Waals surface area contributed by atoms with E-state index in [0.717, 1.165) is 0 Å². The summed E-state index contributed by atoms with van der Waals surface area (Å²) in [6.45, 7) is 0.276. The fourth-order valence-electron chi connectivity index (χ4n) is 2.68. The van der Waals surface area contributed by atoms with Crippen LogP contribution in [0.4, 0.5) is 0 Å². The van der Waals surface area contributed by atoms with Gasteiger partial charge < -0.3 is 47.2 Å². The molecule has 0 saturated heterocycles. The molecule has 0 aromatic heterocycles. The molecule has 0 aliphatic heterocycles. The Morgan fingerprint density at radius 3 is 1.85 bits per heavy atom. The number of amides is 3. The second-order valence-corrected chi connectivity index (χ2v) is 7.44. The second kappa shape index (κ2) is 13.1. The molecule has 0 bridgehead atoms. The summed E-state index contributed by atoms with van der Waals surface area (Å²) in [6.07, 6.45) is -2.35. The van der Waals surface area contributed by atoms with E-state index in [2.05, 4.69) is 10.6 Å². The quantitative estimate of drug-likeness (QED) is 0.134. The van der Waals surface area contributed by atoms with Gasteiger partial charge in [-0.25, -0.2) is 4.79 Å². The van der Waals surface area contributed by atoms with Crippen LogP contribution in [0.1, 0.15) is 18.9 Å². The maximum atomic E-state index is 12.9. The van der Waals surface area contributed by atoms with Crippen LogP contribution in [0, 0.1) is 0 Å². The molecule has 10 N–H and O–H groups in total. The van der Waals surface area contributed by atoms with Crippen molar-refractivity contribution in [2.75, 3.05) is 6.61 Å². The normalized spacial score (nSPS) is 15.2. The number of nitrogens with two attached hydrogens (primary N) is 1. The topological polar surface area (TPSA) is 249 Å². The lowest BCUT2D eigenvalue weighted by Gasteiger charge is -2.25. The average molecular weight is 484 g/mol. The van der Waals surface area contributed by atoms with E-state index in [1.54, 1.807) is 0 Å². The Morgan fingerprint density at radius 2 is 1.38 bits per heavy atom. The number of phenolic OH excluding ortho intramolecular Hbond substituents is 1. The van der Waals surface area contributed by atoms with Gasteiger partial charge in [0.05, 0.1) is 19.1 Å². The smallest absolute Gasteiger partial charge is 0.328 e. The number of carboxylic acid groups (broad SMARTS) is 2. The first kappa shape index (κ1) is 28.3. The van der Waals surface area contributed by atoms with E-state index in [0.29, 0.717) is 5.56 Å². The van der Waals surface area contributed by atoms with Gasteiger partial charge in [0.25, 0.3) is 0 Å². The molecule has 14 heteroatoms. The number of aliphatic hydroxyl groups is 2. The minimum atomic E-state index is -1.75. The summed E-state index contributed by atoms with van der Waals surface area (Å²) in [7, 11) is 0. The van der Waals surface area contributed by atoms with Gasteiger partial charge in [0.1, 0.15) is 29.9 Å². The summed E-state index contributed by atoms with van der Waals surface area (Å²) in [6, 6.07) is -0.703. The van der Waals surface area contributed by atoms with Crippen molar-refractivity contribution in [3.8, 4) is 5.75 Å². The number of carbonyl (C=O) groups is 5. The van der Waals surface area contributed by atoms with Crippen LogP contribution in [0.15, 0.2) is 24.3 Å². The third-order valence-electron chi connectivity index (χ3n) is 4.64. The molecule has 1 rings (SSSR count). The molecule has 0 aliphatic carbocycles. The van der Waals surface area contributed by atoms with Crippen LogP contribution in [0.25, 0.3) is 0 Å². The molecular formula is C20H28N4O10. The van der Waals surface area contributed by atoms with Crippen LogP contribution < -0.4 is 21.7 Å². The molecule has 0 radical (unpaired) electrons. The van der Waals surface area contributed by atoms with Gasteiger partial charge in [0, 0.05) is 6.42 Å². The Hall–Kier alpha value is -3.75. The molecule has 0 heterocycles. The number of aliphatic carboxylic acids is 2. The number of carboxylic acids is 2. The van der Waals surface area contributed by atoms with Crippen molar-refractivity contribution in [2.24, 2.45) is 5.73 Å². The molecule has 1 aromatic carbocycles. The van der Waals surface area contributed by atoms with Crippen molar-refractivity contribution in [3.05, 3.63) is 29.8 Å². The Balaban J connectivity index is 3.13. The highest BCUT2D eigenvalue weighted by atomic mass is 16.4. The van der Waals surface area contributed by atoms with Crippen molar-refractivity contribution in [3.63, 3.8) is 0 Å². The van der Waals surface area contributed by atoms with Crippen LogP contribution >= 0.6 is 0 Å². The number of rotatable bonds is 13.